The summed E-state index contributed by atoms with van der Waals surface area (Å²) in [5.74, 6) is 0.430. The van der Waals surface area contributed by atoms with Gasteiger partial charge in [0.2, 0.25) is 0 Å². The third kappa shape index (κ3) is 2.76. The summed E-state index contributed by atoms with van der Waals surface area (Å²) in [7, 11) is 0. The van der Waals surface area contributed by atoms with E-state index in [0.717, 1.165) is 27.4 Å². The van der Waals surface area contributed by atoms with Gasteiger partial charge in [-0.15, -0.1) is 0 Å². The Balaban J connectivity index is 2.15. The highest BCUT2D eigenvalue weighted by atomic mass is 19.1. The highest BCUT2D eigenvalue weighted by molar-refractivity contribution is 6.02. The lowest BCUT2D eigenvalue weighted by molar-refractivity contribution is 0.618. The molecule has 4 rings (SSSR count). The van der Waals surface area contributed by atoms with Crippen LogP contribution in [-0.4, -0.2) is 6.54 Å². The van der Waals surface area contributed by atoms with Gasteiger partial charge in [-0.25, -0.2) is 4.39 Å². The van der Waals surface area contributed by atoms with Crippen molar-refractivity contribution in [3.8, 4) is 22.5 Å². The average molecular weight is 332 g/mol. The number of nitrogen functional groups attached to an aromatic ring is 1. The average Bonchev–Trinajstić information content (AvgIpc) is 2.59. The van der Waals surface area contributed by atoms with Gasteiger partial charge in [-0.2, -0.15) is 0 Å². The van der Waals surface area contributed by atoms with Crippen molar-refractivity contribution in [2.75, 3.05) is 12.3 Å². The van der Waals surface area contributed by atoms with Gasteiger partial charge in [-0.1, -0.05) is 12.1 Å². The molecule has 0 bridgehead atoms. The van der Waals surface area contributed by atoms with Gasteiger partial charge in [-0.05, 0) is 48.9 Å². The lowest BCUT2D eigenvalue weighted by Crippen LogP contribution is -2.03. The molecule has 1 heterocycles. The summed E-state index contributed by atoms with van der Waals surface area (Å²) in [6.45, 7) is 2.68. The van der Waals surface area contributed by atoms with Gasteiger partial charge < -0.3 is 10.2 Å². The number of benzene rings is 3. The van der Waals surface area contributed by atoms with Crippen LogP contribution in [0.4, 0.5) is 10.1 Å². The minimum atomic E-state index is -0.271. The van der Waals surface area contributed by atoms with Crippen molar-refractivity contribution in [3.05, 3.63) is 71.8 Å². The Hall–Kier alpha value is -3.14. The minimum Gasteiger partial charge on any atom is -0.456 e. The summed E-state index contributed by atoms with van der Waals surface area (Å²) < 4.78 is 19.9. The van der Waals surface area contributed by atoms with Crippen LogP contribution in [0.3, 0.4) is 0 Å². The number of fused-ring (bicyclic) bond motifs is 2. The van der Waals surface area contributed by atoms with Gasteiger partial charge in [0.1, 0.15) is 17.2 Å². The number of hydrogen-bond acceptors (Lipinski definition) is 3. The topological polar surface area (TPSA) is 51.5 Å². The number of halogens is 1. The number of hydrogen-bond donors (Lipinski definition) is 1. The maximum absolute atomic E-state index is 13.8. The molecule has 0 amide bonds. The Morgan fingerprint density at radius 3 is 2.72 bits per heavy atom. The lowest BCUT2D eigenvalue weighted by Gasteiger charge is -2.15. The molecule has 2 aliphatic rings. The van der Waals surface area contributed by atoms with Crippen LogP contribution in [0.2, 0.25) is 0 Å². The quantitative estimate of drug-likeness (QED) is 0.421. The minimum absolute atomic E-state index is 0.271. The first-order chi connectivity index (χ1) is 12.2. The fraction of sp³-hybridized carbons (Fsp3) is 0.0952. The molecule has 0 saturated heterocycles. The van der Waals surface area contributed by atoms with Crippen molar-refractivity contribution in [3.63, 3.8) is 0 Å². The predicted octanol–water partition coefficient (Wildman–Crippen LogP) is 4.85. The maximum Gasteiger partial charge on any atom is 0.137 e. The van der Waals surface area contributed by atoms with E-state index in [1.54, 1.807) is 12.1 Å². The maximum atomic E-state index is 13.8. The molecule has 3 nitrogen and oxygen atoms in total. The van der Waals surface area contributed by atoms with Crippen molar-refractivity contribution in [1.29, 1.82) is 0 Å². The van der Waals surface area contributed by atoms with Gasteiger partial charge in [0.25, 0.3) is 0 Å². The van der Waals surface area contributed by atoms with Crippen LogP contribution in [0, 0.1) is 5.82 Å². The molecule has 0 aromatic heterocycles. The molecule has 0 spiro atoms. The van der Waals surface area contributed by atoms with Gasteiger partial charge in [0.05, 0.1) is 5.36 Å². The van der Waals surface area contributed by atoms with E-state index in [9.17, 15) is 4.39 Å². The SMILES string of the molecule is CCN=c1ccc2c(-c3cccc(F)c3)c3ccc(N)cc3oc-2c1. The Morgan fingerprint density at radius 2 is 1.92 bits per heavy atom. The van der Waals surface area contributed by atoms with E-state index in [-0.39, 0.29) is 5.82 Å². The number of nitrogens with zero attached hydrogens (tertiary/aromatic N) is 1. The van der Waals surface area contributed by atoms with Crippen LogP contribution in [-0.2, 0) is 0 Å². The zero-order valence-electron chi connectivity index (χ0n) is 13.8. The summed E-state index contributed by atoms with van der Waals surface area (Å²) >= 11 is 0. The first-order valence-electron chi connectivity index (χ1n) is 8.18. The molecular formula is C21H17FN2O. The number of nitrogens with two attached hydrogens (primary N) is 1. The summed E-state index contributed by atoms with van der Waals surface area (Å²) in [5.41, 5.74) is 9.85. The van der Waals surface area contributed by atoms with Crippen LogP contribution in [0.1, 0.15) is 6.92 Å². The van der Waals surface area contributed by atoms with E-state index in [2.05, 4.69) is 4.99 Å². The third-order valence-corrected chi connectivity index (χ3v) is 4.18. The Kier molecular flexibility index (Phi) is 3.73. The highest BCUT2D eigenvalue weighted by Gasteiger charge is 2.17. The second-order valence-electron chi connectivity index (χ2n) is 5.90. The molecule has 2 aromatic carbocycles. The van der Waals surface area contributed by atoms with E-state index in [1.807, 2.05) is 43.3 Å². The molecule has 0 fully saturated rings. The standard InChI is InChI=1S/C21H17FN2O/c1-2-24-16-7-9-18-20(12-16)25-19-11-15(23)6-8-17(19)21(18)13-4-3-5-14(22)10-13/h3-12H,2,23H2,1H3. The monoisotopic (exact) mass is 332 g/mol. The zero-order valence-corrected chi connectivity index (χ0v) is 13.8. The largest absolute Gasteiger partial charge is 0.456 e. The van der Waals surface area contributed by atoms with Crippen molar-refractivity contribution >= 4 is 16.7 Å². The van der Waals surface area contributed by atoms with Crippen LogP contribution in [0.15, 0.2) is 70.1 Å². The molecule has 4 heteroatoms. The summed E-state index contributed by atoms with van der Waals surface area (Å²) in [6, 6.07) is 18.0. The molecule has 25 heavy (non-hydrogen) atoms. The zero-order chi connectivity index (χ0) is 17.4. The van der Waals surface area contributed by atoms with Crippen LogP contribution >= 0.6 is 0 Å². The molecule has 2 aromatic rings. The molecule has 0 radical (unpaired) electrons. The summed E-state index contributed by atoms with van der Waals surface area (Å²) in [5, 5.41) is 1.75. The van der Waals surface area contributed by atoms with E-state index in [0.29, 0.717) is 23.6 Å². The first-order valence-corrected chi connectivity index (χ1v) is 8.18. The van der Waals surface area contributed by atoms with E-state index < -0.39 is 0 Å². The Labute approximate surface area is 144 Å². The Morgan fingerprint density at radius 1 is 1.04 bits per heavy atom. The summed E-state index contributed by atoms with van der Waals surface area (Å²) in [4.78, 5) is 4.43. The van der Waals surface area contributed by atoms with Crippen LogP contribution in [0.25, 0.3) is 33.4 Å². The van der Waals surface area contributed by atoms with Gasteiger partial charge in [0.15, 0.2) is 0 Å². The second kappa shape index (κ2) is 6.06. The van der Waals surface area contributed by atoms with Crippen molar-refractivity contribution < 1.29 is 8.81 Å². The van der Waals surface area contributed by atoms with Crippen molar-refractivity contribution in [2.45, 2.75) is 6.92 Å². The van der Waals surface area contributed by atoms with E-state index in [1.165, 1.54) is 12.1 Å². The fourth-order valence-electron chi connectivity index (χ4n) is 3.13. The Bertz CT molecular complexity index is 1110. The lowest BCUT2D eigenvalue weighted by atomic mass is 9.93. The molecule has 0 saturated carbocycles. The number of anilines is 1. The molecule has 0 atom stereocenters. The van der Waals surface area contributed by atoms with Gasteiger partial charge in [-0.3, -0.25) is 4.99 Å². The first kappa shape index (κ1) is 15.4. The fourth-order valence-corrected chi connectivity index (χ4v) is 3.13. The summed E-state index contributed by atoms with van der Waals surface area (Å²) in [6.07, 6.45) is 0. The van der Waals surface area contributed by atoms with Crippen LogP contribution < -0.4 is 11.1 Å². The molecule has 1 aliphatic heterocycles. The predicted molar refractivity (Wildman–Crippen MR) is 98.7 cm³/mol. The molecule has 2 N–H and O–H groups in total. The second-order valence-corrected chi connectivity index (χ2v) is 5.90. The highest BCUT2D eigenvalue weighted by Crippen LogP contribution is 2.40. The normalized spacial score (nSPS) is 12.2. The van der Waals surface area contributed by atoms with Crippen molar-refractivity contribution in [2.24, 2.45) is 4.99 Å². The van der Waals surface area contributed by atoms with E-state index in [4.69, 9.17) is 10.2 Å². The van der Waals surface area contributed by atoms with E-state index >= 15 is 0 Å². The van der Waals surface area contributed by atoms with Crippen molar-refractivity contribution in [1.82, 2.24) is 0 Å². The van der Waals surface area contributed by atoms with Crippen LogP contribution in [0.5, 0.6) is 0 Å². The molecule has 1 aliphatic carbocycles. The molecular weight excluding hydrogens is 315 g/mol. The molecule has 0 unspecified atom stereocenters. The third-order valence-electron chi connectivity index (χ3n) is 4.18. The van der Waals surface area contributed by atoms with Gasteiger partial charge in [0, 0.05) is 40.9 Å². The van der Waals surface area contributed by atoms with Gasteiger partial charge >= 0.3 is 0 Å². The molecule has 124 valence electrons. The number of rotatable bonds is 2. The smallest absolute Gasteiger partial charge is 0.137 e.